The second-order valence-electron chi connectivity index (χ2n) is 4.12. The van der Waals surface area contributed by atoms with E-state index in [0.29, 0.717) is 18.0 Å². The van der Waals surface area contributed by atoms with E-state index in [1.54, 1.807) is 0 Å². The van der Waals surface area contributed by atoms with E-state index in [1.807, 2.05) is 0 Å². The SMILES string of the molecule is CC1CN(C2COC2)CCC1N. The van der Waals surface area contributed by atoms with Gasteiger partial charge in [0, 0.05) is 19.1 Å². The molecule has 0 bridgehead atoms. The minimum atomic E-state index is 0.419. The molecule has 0 radical (unpaired) electrons. The van der Waals surface area contributed by atoms with Gasteiger partial charge >= 0.3 is 0 Å². The second-order valence-corrected chi connectivity index (χ2v) is 4.12. The van der Waals surface area contributed by atoms with Gasteiger partial charge in [0.15, 0.2) is 0 Å². The summed E-state index contributed by atoms with van der Waals surface area (Å²) in [5.74, 6) is 0.652. The van der Waals surface area contributed by atoms with Gasteiger partial charge in [-0.3, -0.25) is 4.90 Å². The molecule has 0 aromatic carbocycles. The van der Waals surface area contributed by atoms with Gasteiger partial charge in [0.1, 0.15) is 0 Å². The molecule has 0 spiro atoms. The minimum Gasteiger partial charge on any atom is -0.378 e. The largest absolute Gasteiger partial charge is 0.378 e. The zero-order valence-corrected chi connectivity index (χ0v) is 7.70. The third-order valence-electron chi connectivity index (χ3n) is 3.14. The molecule has 70 valence electrons. The quantitative estimate of drug-likeness (QED) is 0.604. The van der Waals surface area contributed by atoms with Gasteiger partial charge in [-0.25, -0.2) is 0 Å². The van der Waals surface area contributed by atoms with Crippen LogP contribution < -0.4 is 5.73 Å². The molecule has 2 atom stereocenters. The molecule has 0 aliphatic carbocycles. The first-order valence-electron chi connectivity index (χ1n) is 4.85. The van der Waals surface area contributed by atoms with Crippen LogP contribution in [0.5, 0.6) is 0 Å². The van der Waals surface area contributed by atoms with Gasteiger partial charge in [-0.1, -0.05) is 6.92 Å². The highest BCUT2D eigenvalue weighted by atomic mass is 16.5. The maximum absolute atomic E-state index is 5.94. The van der Waals surface area contributed by atoms with Crippen LogP contribution in [0.2, 0.25) is 0 Å². The Bertz CT molecular complexity index is 159. The molecule has 2 N–H and O–H groups in total. The van der Waals surface area contributed by atoms with Crippen molar-refractivity contribution >= 4 is 0 Å². The summed E-state index contributed by atoms with van der Waals surface area (Å²) >= 11 is 0. The minimum absolute atomic E-state index is 0.419. The van der Waals surface area contributed by atoms with E-state index in [-0.39, 0.29) is 0 Å². The Morgan fingerprint density at radius 1 is 1.42 bits per heavy atom. The van der Waals surface area contributed by atoms with Crippen LogP contribution in [0.3, 0.4) is 0 Å². The predicted molar refractivity (Wildman–Crippen MR) is 47.9 cm³/mol. The Hall–Kier alpha value is -0.120. The number of hydrogen-bond donors (Lipinski definition) is 1. The Kier molecular flexibility index (Phi) is 2.35. The molecule has 2 heterocycles. The van der Waals surface area contributed by atoms with Crippen molar-refractivity contribution in [1.29, 1.82) is 0 Å². The standard InChI is InChI=1S/C9H18N2O/c1-7-4-11(3-2-9(7)10)8-5-12-6-8/h7-9H,2-6,10H2,1H3. The highest BCUT2D eigenvalue weighted by Gasteiger charge is 2.31. The van der Waals surface area contributed by atoms with Crippen LogP contribution in [0.25, 0.3) is 0 Å². The third-order valence-corrected chi connectivity index (χ3v) is 3.14. The van der Waals surface area contributed by atoms with Gasteiger partial charge in [0.25, 0.3) is 0 Å². The molecule has 2 aliphatic rings. The molecule has 0 aromatic rings. The normalized spacial score (nSPS) is 39.5. The lowest BCUT2D eigenvalue weighted by Gasteiger charge is -2.43. The second kappa shape index (κ2) is 3.32. The van der Waals surface area contributed by atoms with Crippen LogP contribution in [0.1, 0.15) is 13.3 Å². The molecule has 12 heavy (non-hydrogen) atoms. The number of nitrogens with zero attached hydrogens (tertiary/aromatic N) is 1. The lowest BCUT2D eigenvalue weighted by Crippen LogP contribution is -2.56. The molecule has 2 unspecified atom stereocenters. The van der Waals surface area contributed by atoms with E-state index < -0.39 is 0 Å². The molecular weight excluding hydrogens is 152 g/mol. The first-order valence-corrected chi connectivity index (χ1v) is 4.85. The van der Waals surface area contributed by atoms with Crippen molar-refractivity contribution in [1.82, 2.24) is 4.90 Å². The highest BCUT2D eigenvalue weighted by molar-refractivity contribution is 4.86. The first-order chi connectivity index (χ1) is 5.77. The molecule has 2 aliphatic heterocycles. The van der Waals surface area contributed by atoms with Crippen LogP contribution in [-0.2, 0) is 4.74 Å². The number of hydrogen-bond acceptors (Lipinski definition) is 3. The molecular formula is C9H18N2O. The van der Waals surface area contributed by atoms with Gasteiger partial charge in [0.05, 0.1) is 19.3 Å². The van der Waals surface area contributed by atoms with Crippen molar-refractivity contribution in [2.75, 3.05) is 26.3 Å². The van der Waals surface area contributed by atoms with Crippen molar-refractivity contribution in [3.8, 4) is 0 Å². The average Bonchev–Trinajstić information content (AvgIpc) is 1.93. The number of piperidine rings is 1. The average molecular weight is 170 g/mol. The lowest BCUT2D eigenvalue weighted by atomic mass is 9.93. The van der Waals surface area contributed by atoms with Crippen molar-refractivity contribution in [3.63, 3.8) is 0 Å². The number of likely N-dealkylation sites (tertiary alicyclic amines) is 1. The predicted octanol–water partition coefficient (Wildman–Crippen LogP) is 0.0543. The van der Waals surface area contributed by atoms with Crippen LogP contribution >= 0.6 is 0 Å². The van der Waals surface area contributed by atoms with Gasteiger partial charge in [-0.15, -0.1) is 0 Å². The fourth-order valence-corrected chi connectivity index (χ4v) is 1.96. The monoisotopic (exact) mass is 170 g/mol. The van der Waals surface area contributed by atoms with Crippen molar-refractivity contribution < 1.29 is 4.74 Å². The molecule has 0 saturated carbocycles. The lowest BCUT2D eigenvalue weighted by molar-refractivity contribution is -0.0770. The summed E-state index contributed by atoms with van der Waals surface area (Å²) in [7, 11) is 0. The maximum atomic E-state index is 5.94. The van der Waals surface area contributed by atoms with Crippen molar-refractivity contribution in [3.05, 3.63) is 0 Å². The molecule has 0 amide bonds. The summed E-state index contributed by atoms with van der Waals surface area (Å²) in [5, 5.41) is 0. The summed E-state index contributed by atoms with van der Waals surface area (Å²) in [6.45, 7) is 6.44. The summed E-state index contributed by atoms with van der Waals surface area (Å²) < 4.78 is 5.18. The van der Waals surface area contributed by atoms with Crippen LogP contribution in [-0.4, -0.2) is 43.3 Å². The third kappa shape index (κ3) is 1.49. The van der Waals surface area contributed by atoms with E-state index in [1.165, 1.54) is 6.54 Å². The molecule has 2 rings (SSSR count). The van der Waals surface area contributed by atoms with Crippen LogP contribution in [0.15, 0.2) is 0 Å². The molecule has 2 fully saturated rings. The van der Waals surface area contributed by atoms with E-state index in [9.17, 15) is 0 Å². The topological polar surface area (TPSA) is 38.5 Å². The van der Waals surface area contributed by atoms with E-state index in [0.717, 1.165) is 26.2 Å². The van der Waals surface area contributed by atoms with Crippen molar-refractivity contribution in [2.24, 2.45) is 11.7 Å². The van der Waals surface area contributed by atoms with E-state index in [4.69, 9.17) is 10.5 Å². The molecule has 3 nitrogen and oxygen atoms in total. The van der Waals surface area contributed by atoms with Crippen molar-refractivity contribution in [2.45, 2.75) is 25.4 Å². The molecule has 3 heteroatoms. The van der Waals surface area contributed by atoms with E-state index in [2.05, 4.69) is 11.8 Å². The summed E-state index contributed by atoms with van der Waals surface area (Å²) in [5.41, 5.74) is 5.94. The Morgan fingerprint density at radius 3 is 2.67 bits per heavy atom. The Morgan fingerprint density at radius 2 is 2.17 bits per heavy atom. The van der Waals surface area contributed by atoms with Gasteiger partial charge in [-0.05, 0) is 12.3 Å². The van der Waals surface area contributed by atoms with Gasteiger partial charge in [-0.2, -0.15) is 0 Å². The zero-order chi connectivity index (χ0) is 8.55. The number of rotatable bonds is 1. The Balaban J connectivity index is 1.84. The van der Waals surface area contributed by atoms with Crippen LogP contribution in [0.4, 0.5) is 0 Å². The summed E-state index contributed by atoms with van der Waals surface area (Å²) in [4.78, 5) is 2.53. The number of ether oxygens (including phenoxy) is 1. The fraction of sp³-hybridized carbons (Fsp3) is 1.00. The molecule has 2 saturated heterocycles. The fourth-order valence-electron chi connectivity index (χ4n) is 1.96. The maximum Gasteiger partial charge on any atom is 0.0645 e. The molecule has 0 aromatic heterocycles. The van der Waals surface area contributed by atoms with Crippen LogP contribution in [0, 0.1) is 5.92 Å². The zero-order valence-electron chi connectivity index (χ0n) is 7.70. The summed E-state index contributed by atoms with van der Waals surface area (Å²) in [6.07, 6.45) is 1.15. The van der Waals surface area contributed by atoms with Gasteiger partial charge < -0.3 is 10.5 Å². The summed E-state index contributed by atoms with van der Waals surface area (Å²) in [6, 6.07) is 1.11. The van der Waals surface area contributed by atoms with E-state index >= 15 is 0 Å². The smallest absolute Gasteiger partial charge is 0.0645 e. The highest BCUT2D eigenvalue weighted by Crippen LogP contribution is 2.20. The van der Waals surface area contributed by atoms with Gasteiger partial charge in [0.2, 0.25) is 0 Å². The Labute approximate surface area is 73.9 Å². The number of nitrogens with two attached hydrogens (primary N) is 1. The first kappa shape index (κ1) is 8.48.